The highest BCUT2D eigenvalue weighted by atomic mass is 32.2. The summed E-state index contributed by atoms with van der Waals surface area (Å²) in [6.07, 6.45) is 3.28. The van der Waals surface area contributed by atoms with Crippen molar-refractivity contribution in [3.8, 4) is 16.9 Å². The lowest BCUT2D eigenvalue weighted by atomic mass is 10.0. The number of amides is 1. The molecule has 1 heterocycles. The second-order valence-electron chi connectivity index (χ2n) is 7.64. The largest absolute Gasteiger partial charge is 0.496 e. The number of hydrogen-bond donors (Lipinski definition) is 1. The van der Waals surface area contributed by atoms with Crippen molar-refractivity contribution in [1.29, 1.82) is 0 Å². The Morgan fingerprint density at radius 3 is 2.52 bits per heavy atom. The van der Waals surface area contributed by atoms with Crippen LogP contribution < -0.4 is 15.4 Å². The van der Waals surface area contributed by atoms with Crippen molar-refractivity contribution in [2.24, 2.45) is 5.73 Å². The topological polar surface area (TPSA) is 115 Å². The van der Waals surface area contributed by atoms with Crippen molar-refractivity contribution in [3.63, 3.8) is 0 Å². The van der Waals surface area contributed by atoms with Crippen molar-refractivity contribution >= 4 is 32.3 Å². The molecule has 1 amide bonds. The summed E-state index contributed by atoms with van der Waals surface area (Å²) in [6, 6.07) is 10.7. The molecule has 0 aliphatic heterocycles. The molecule has 1 fully saturated rings. The second-order valence-corrected chi connectivity index (χ2v) is 9.66. The SMILES string of the molecule is CCN(c1c(C(N)=O)nnc2cc(-c3cc(S(C)(=O)=O)ccc3OC)ccc12)C1CC1. The van der Waals surface area contributed by atoms with Crippen molar-refractivity contribution in [2.45, 2.75) is 30.7 Å². The standard InChI is InChI=1S/C22H24N4O4S/c1-4-26(14-6-7-14)21-16-9-5-13(11-18(16)24-25-20(21)22(23)27)17-12-15(31(3,28)29)8-10-19(17)30-2/h5,8-12,14H,4,6-7H2,1-3H3,(H2,23,27). The third-order valence-corrected chi connectivity index (χ3v) is 6.60. The first kappa shape index (κ1) is 21.0. The number of carbonyl (C=O) groups excluding carboxylic acids is 1. The van der Waals surface area contributed by atoms with Gasteiger partial charge in [-0.3, -0.25) is 4.79 Å². The van der Waals surface area contributed by atoms with Gasteiger partial charge in [0.15, 0.2) is 15.5 Å². The average molecular weight is 441 g/mol. The Labute approximate surface area is 180 Å². The van der Waals surface area contributed by atoms with E-state index in [0.717, 1.165) is 30.3 Å². The molecular weight excluding hydrogens is 416 g/mol. The molecule has 0 saturated heterocycles. The van der Waals surface area contributed by atoms with E-state index in [2.05, 4.69) is 15.1 Å². The van der Waals surface area contributed by atoms with Gasteiger partial charge in [0, 0.05) is 29.8 Å². The van der Waals surface area contributed by atoms with Crippen LogP contribution in [-0.2, 0) is 9.84 Å². The first-order valence-corrected chi connectivity index (χ1v) is 11.9. The van der Waals surface area contributed by atoms with Gasteiger partial charge in [-0.15, -0.1) is 10.2 Å². The fraction of sp³-hybridized carbons (Fsp3) is 0.318. The van der Waals surface area contributed by atoms with Crippen LogP contribution >= 0.6 is 0 Å². The Morgan fingerprint density at radius 2 is 1.94 bits per heavy atom. The van der Waals surface area contributed by atoms with Crippen LogP contribution in [0.1, 0.15) is 30.3 Å². The minimum Gasteiger partial charge on any atom is -0.496 e. The van der Waals surface area contributed by atoms with Gasteiger partial charge in [-0.2, -0.15) is 0 Å². The van der Waals surface area contributed by atoms with Gasteiger partial charge < -0.3 is 15.4 Å². The van der Waals surface area contributed by atoms with Crippen LogP contribution in [0.2, 0.25) is 0 Å². The molecule has 0 radical (unpaired) electrons. The van der Waals surface area contributed by atoms with E-state index in [-0.39, 0.29) is 10.6 Å². The van der Waals surface area contributed by atoms with Gasteiger partial charge in [0.2, 0.25) is 0 Å². The molecule has 4 rings (SSSR count). The monoisotopic (exact) mass is 440 g/mol. The molecule has 3 aromatic rings. The van der Waals surface area contributed by atoms with Crippen LogP contribution in [0.5, 0.6) is 5.75 Å². The maximum atomic E-state index is 12.1. The van der Waals surface area contributed by atoms with Gasteiger partial charge in [0.1, 0.15) is 5.75 Å². The number of aromatic nitrogens is 2. The van der Waals surface area contributed by atoms with E-state index in [1.807, 2.05) is 25.1 Å². The molecule has 0 spiro atoms. The number of hydrogen-bond acceptors (Lipinski definition) is 7. The van der Waals surface area contributed by atoms with Gasteiger partial charge in [0.25, 0.3) is 5.91 Å². The van der Waals surface area contributed by atoms with Crippen LogP contribution in [0.3, 0.4) is 0 Å². The molecule has 8 nitrogen and oxygen atoms in total. The lowest BCUT2D eigenvalue weighted by molar-refractivity contribution is 0.0995. The van der Waals surface area contributed by atoms with E-state index in [1.54, 1.807) is 12.1 Å². The Bertz CT molecular complexity index is 1290. The number of benzene rings is 2. The van der Waals surface area contributed by atoms with Crippen molar-refractivity contribution in [2.75, 3.05) is 24.8 Å². The van der Waals surface area contributed by atoms with E-state index in [1.165, 1.54) is 19.4 Å². The van der Waals surface area contributed by atoms with Gasteiger partial charge >= 0.3 is 0 Å². The first-order valence-electron chi connectivity index (χ1n) is 10.00. The summed E-state index contributed by atoms with van der Waals surface area (Å²) in [5.74, 6) is -0.0723. The zero-order valence-corrected chi connectivity index (χ0v) is 18.4. The summed E-state index contributed by atoms with van der Waals surface area (Å²) in [4.78, 5) is 14.4. The molecule has 1 aliphatic rings. The second kappa shape index (κ2) is 7.81. The Kier molecular flexibility index (Phi) is 5.30. The average Bonchev–Trinajstić information content (AvgIpc) is 3.57. The fourth-order valence-corrected chi connectivity index (χ4v) is 4.49. The molecule has 0 unspecified atom stereocenters. The van der Waals surface area contributed by atoms with Crippen LogP contribution in [0.25, 0.3) is 22.0 Å². The van der Waals surface area contributed by atoms with Crippen LogP contribution in [-0.4, -0.2) is 50.5 Å². The normalized spacial score (nSPS) is 13.9. The van der Waals surface area contributed by atoms with E-state index < -0.39 is 15.7 Å². The molecule has 1 aromatic heterocycles. The lowest BCUT2D eigenvalue weighted by Crippen LogP contribution is -2.29. The summed E-state index contributed by atoms with van der Waals surface area (Å²) in [5.41, 5.74) is 8.40. The van der Waals surface area contributed by atoms with Gasteiger partial charge in [-0.05, 0) is 55.7 Å². The molecule has 0 atom stereocenters. The highest BCUT2D eigenvalue weighted by molar-refractivity contribution is 7.90. The molecule has 1 saturated carbocycles. The zero-order valence-electron chi connectivity index (χ0n) is 17.6. The van der Waals surface area contributed by atoms with Crippen molar-refractivity contribution < 1.29 is 17.9 Å². The first-order chi connectivity index (χ1) is 14.7. The number of ether oxygens (including phenoxy) is 1. The van der Waals surface area contributed by atoms with Crippen LogP contribution in [0.15, 0.2) is 41.3 Å². The van der Waals surface area contributed by atoms with E-state index in [0.29, 0.717) is 28.6 Å². The predicted molar refractivity (Wildman–Crippen MR) is 119 cm³/mol. The number of nitrogens with zero attached hydrogens (tertiary/aromatic N) is 3. The van der Waals surface area contributed by atoms with Gasteiger partial charge in [-0.25, -0.2) is 8.42 Å². The molecule has 31 heavy (non-hydrogen) atoms. The molecule has 0 bridgehead atoms. The summed E-state index contributed by atoms with van der Waals surface area (Å²) in [7, 11) is -1.85. The number of rotatable bonds is 7. The smallest absolute Gasteiger partial charge is 0.271 e. The number of carbonyl (C=O) groups is 1. The maximum Gasteiger partial charge on any atom is 0.271 e. The summed E-state index contributed by atoms with van der Waals surface area (Å²) < 4.78 is 29.5. The van der Waals surface area contributed by atoms with E-state index in [9.17, 15) is 13.2 Å². The van der Waals surface area contributed by atoms with Crippen LogP contribution in [0, 0.1) is 0 Å². The maximum absolute atomic E-state index is 12.1. The quantitative estimate of drug-likeness (QED) is 0.600. The molecule has 162 valence electrons. The minimum atomic E-state index is -3.38. The lowest BCUT2D eigenvalue weighted by Gasteiger charge is -2.25. The number of methoxy groups -OCH3 is 1. The van der Waals surface area contributed by atoms with Gasteiger partial charge in [-0.1, -0.05) is 6.07 Å². The molecular formula is C22H24N4O4S. The number of fused-ring (bicyclic) bond motifs is 1. The summed E-state index contributed by atoms with van der Waals surface area (Å²) in [5, 5.41) is 9.14. The van der Waals surface area contributed by atoms with Crippen molar-refractivity contribution in [1.82, 2.24) is 10.2 Å². The number of nitrogens with two attached hydrogens (primary N) is 1. The molecule has 2 N–H and O–H groups in total. The molecule has 1 aliphatic carbocycles. The van der Waals surface area contributed by atoms with E-state index >= 15 is 0 Å². The summed E-state index contributed by atoms with van der Waals surface area (Å²) >= 11 is 0. The third-order valence-electron chi connectivity index (χ3n) is 5.49. The minimum absolute atomic E-state index is 0.158. The molecule has 9 heteroatoms. The Balaban J connectivity index is 1.92. The Hall–Kier alpha value is -3.20. The summed E-state index contributed by atoms with van der Waals surface area (Å²) in [6.45, 7) is 2.75. The van der Waals surface area contributed by atoms with Gasteiger partial charge in [0.05, 0.1) is 23.2 Å². The number of primary amides is 1. The molecule has 2 aromatic carbocycles. The van der Waals surface area contributed by atoms with Crippen molar-refractivity contribution in [3.05, 3.63) is 42.1 Å². The van der Waals surface area contributed by atoms with Crippen LogP contribution in [0.4, 0.5) is 5.69 Å². The zero-order chi connectivity index (χ0) is 22.3. The van der Waals surface area contributed by atoms with E-state index in [4.69, 9.17) is 10.5 Å². The third kappa shape index (κ3) is 3.93. The number of anilines is 1. The Morgan fingerprint density at radius 1 is 1.19 bits per heavy atom. The number of sulfone groups is 1. The highest BCUT2D eigenvalue weighted by Gasteiger charge is 2.32. The highest BCUT2D eigenvalue weighted by Crippen LogP contribution is 2.39. The fourth-order valence-electron chi connectivity index (χ4n) is 3.85. The predicted octanol–water partition coefficient (Wildman–Crippen LogP) is 2.80.